The first kappa shape index (κ1) is 18.8. The number of nitro groups is 2. The van der Waals surface area contributed by atoms with Crippen LogP contribution in [0.1, 0.15) is 17.0 Å². The normalized spacial score (nSPS) is 11.1. The SMILES string of the molecule is Cc1cc(C=Nc2cc([N+](=O)[O-])ccc2O)c(C)n1-c1cccc([N+](=O)[O-])c1. The summed E-state index contributed by atoms with van der Waals surface area (Å²) < 4.78 is 1.85. The molecule has 9 nitrogen and oxygen atoms in total. The Hall–Kier alpha value is -4.01. The Morgan fingerprint density at radius 1 is 1.00 bits per heavy atom. The summed E-state index contributed by atoms with van der Waals surface area (Å²) in [5.74, 6) is -0.172. The van der Waals surface area contributed by atoms with Crippen molar-refractivity contribution >= 4 is 23.3 Å². The Balaban J connectivity index is 2.00. The van der Waals surface area contributed by atoms with E-state index in [1.54, 1.807) is 12.1 Å². The maximum Gasteiger partial charge on any atom is 0.271 e. The van der Waals surface area contributed by atoms with Crippen LogP contribution in [0.3, 0.4) is 0 Å². The van der Waals surface area contributed by atoms with Crippen molar-refractivity contribution in [3.8, 4) is 11.4 Å². The number of rotatable bonds is 5. The minimum Gasteiger partial charge on any atom is -0.506 e. The van der Waals surface area contributed by atoms with Crippen LogP contribution in [-0.4, -0.2) is 25.7 Å². The van der Waals surface area contributed by atoms with E-state index in [1.165, 1.54) is 36.5 Å². The lowest BCUT2D eigenvalue weighted by Crippen LogP contribution is -2.00. The number of benzene rings is 2. The van der Waals surface area contributed by atoms with Gasteiger partial charge in [0.25, 0.3) is 11.4 Å². The molecule has 2 aromatic carbocycles. The Kier molecular flexibility index (Phi) is 4.90. The fourth-order valence-electron chi connectivity index (χ4n) is 2.93. The first-order valence-corrected chi connectivity index (χ1v) is 8.23. The monoisotopic (exact) mass is 380 g/mol. The number of nitrogens with zero attached hydrogens (tertiary/aromatic N) is 4. The van der Waals surface area contributed by atoms with Gasteiger partial charge in [-0.15, -0.1) is 0 Å². The third kappa shape index (κ3) is 3.58. The number of aromatic nitrogens is 1. The van der Waals surface area contributed by atoms with Gasteiger partial charge in [0.15, 0.2) is 0 Å². The van der Waals surface area contributed by atoms with Gasteiger partial charge in [-0.1, -0.05) is 6.07 Å². The summed E-state index contributed by atoms with van der Waals surface area (Å²) in [5.41, 5.74) is 2.87. The first-order chi connectivity index (χ1) is 13.3. The van der Waals surface area contributed by atoms with E-state index in [0.29, 0.717) is 5.69 Å². The average molecular weight is 380 g/mol. The lowest BCUT2D eigenvalue weighted by atomic mass is 10.2. The smallest absolute Gasteiger partial charge is 0.271 e. The molecule has 3 aromatic rings. The second kappa shape index (κ2) is 7.31. The number of aliphatic imine (C=N–C) groups is 1. The van der Waals surface area contributed by atoms with Gasteiger partial charge in [-0.25, -0.2) is 0 Å². The van der Waals surface area contributed by atoms with E-state index in [1.807, 2.05) is 24.5 Å². The summed E-state index contributed by atoms with van der Waals surface area (Å²) >= 11 is 0. The molecule has 3 rings (SSSR count). The maximum atomic E-state index is 11.0. The van der Waals surface area contributed by atoms with Crippen LogP contribution in [0.2, 0.25) is 0 Å². The number of aromatic hydroxyl groups is 1. The third-order valence-electron chi connectivity index (χ3n) is 4.28. The molecule has 0 aliphatic carbocycles. The van der Waals surface area contributed by atoms with Crippen LogP contribution in [0, 0.1) is 34.1 Å². The third-order valence-corrected chi connectivity index (χ3v) is 4.28. The predicted octanol–water partition coefficient (Wildman–Crippen LogP) is 4.37. The molecule has 0 saturated heterocycles. The van der Waals surface area contributed by atoms with Crippen molar-refractivity contribution in [3.63, 3.8) is 0 Å². The number of nitro benzene ring substituents is 2. The number of phenols is 1. The Morgan fingerprint density at radius 2 is 1.68 bits per heavy atom. The van der Waals surface area contributed by atoms with Crippen molar-refractivity contribution < 1.29 is 15.0 Å². The Bertz CT molecular complexity index is 1120. The number of hydrogen-bond acceptors (Lipinski definition) is 6. The van der Waals surface area contributed by atoms with Crippen molar-refractivity contribution in [1.29, 1.82) is 0 Å². The molecule has 0 amide bonds. The Labute approximate surface area is 159 Å². The fraction of sp³-hybridized carbons (Fsp3) is 0.105. The summed E-state index contributed by atoms with van der Waals surface area (Å²) in [4.78, 5) is 25.1. The lowest BCUT2D eigenvalue weighted by molar-refractivity contribution is -0.385. The van der Waals surface area contributed by atoms with Crippen LogP contribution >= 0.6 is 0 Å². The van der Waals surface area contributed by atoms with E-state index < -0.39 is 9.85 Å². The highest BCUT2D eigenvalue weighted by Crippen LogP contribution is 2.31. The molecule has 1 aromatic heterocycles. The molecule has 0 fully saturated rings. The molecule has 0 aliphatic heterocycles. The van der Waals surface area contributed by atoms with Gasteiger partial charge in [0.2, 0.25) is 0 Å². The van der Waals surface area contributed by atoms with E-state index in [9.17, 15) is 25.3 Å². The van der Waals surface area contributed by atoms with Crippen LogP contribution in [-0.2, 0) is 0 Å². The van der Waals surface area contributed by atoms with Crippen LogP contribution < -0.4 is 0 Å². The molecule has 0 radical (unpaired) electrons. The maximum absolute atomic E-state index is 11.0. The zero-order chi connectivity index (χ0) is 20.4. The fourth-order valence-corrected chi connectivity index (χ4v) is 2.93. The quantitative estimate of drug-likeness (QED) is 0.400. The van der Waals surface area contributed by atoms with Gasteiger partial charge in [-0.05, 0) is 32.0 Å². The second-order valence-corrected chi connectivity index (χ2v) is 6.13. The summed E-state index contributed by atoms with van der Waals surface area (Å²) in [6, 6.07) is 11.7. The van der Waals surface area contributed by atoms with Crippen molar-refractivity contribution in [2.75, 3.05) is 0 Å². The van der Waals surface area contributed by atoms with E-state index >= 15 is 0 Å². The van der Waals surface area contributed by atoms with Crippen molar-refractivity contribution in [2.45, 2.75) is 13.8 Å². The van der Waals surface area contributed by atoms with Gasteiger partial charge in [-0.3, -0.25) is 25.2 Å². The van der Waals surface area contributed by atoms with Crippen molar-refractivity contribution in [2.24, 2.45) is 4.99 Å². The van der Waals surface area contributed by atoms with Crippen LogP contribution in [0.25, 0.3) is 5.69 Å². The minimum absolute atomic E-state index is 0.0123. The average Bonchev–Trinajstić information content (AvgIpc) is 2.94. The van der Waals surface area contributed by atoms with E-state index in [-0.39, 0.29) is 22.8 Å². The summed E-state index contributed by atoms with van der Waals surface area (Å²) in [5, 5.41) is 31.8. The van der Waals surface area contributed by atoms with Gasteiger partial charge in [0, 0.05) is 47.4 Å². The lowest BCUT2D eigenvalue weighted by Gasteiger charge is -2.09. The molecule has 28 heavy (non-hydrogen) atoms. The van der Waals surface area contributed by atoms with Gasteiger partial charge < -0.3 is 9.67 Å². The molecule has 0 spiro atoms. The number of phenolic OH excluding ortho intramolecular Hbond substituents is 1. The number of aryl methyl sites for hydroxylation is 1. The zero-order valence-electron chi connectivity index (χ0n) is 15.1. The molecular weight excluding hydrogens is 364 g/mol. The highest BCUT2D eigenvalue weighted by Gasteiger charge is 2.13. The standard InChI is InChI=1S/C19H16N4O5/c1-12-8-14(11-20-18-10-17(23(27)28)6-7-19(18)24)13(2)21(12)15-4-3-5-16(9-15)22(25)26/h3-11,24H,1-2H3. The van der Waals surface area contributed by atoms with Gasteiger partial charge >= 0.3 is 0 Å². The molecule has 1 heterocycles. The molecule has 142 valence electrons. The minimum atomic E-state index is -0.563. The molecule has 1 N–H and O–H groups in total. The number of non-ortho nitro benzene ring substituents is 2. The molecule has 0 saturated carbocycles. The molecular formula is C19H16N4O5. The molecule has 9 heteroatoms. The van der Waals surface area contributed by atoms with Gasteiger partial charge in [0.05, 0.1) is 15.5 Å². The van der Waals surface area contributed by atoms with Crippen molar-refractivity contribution in [1.82, 2.24) is 4.57 Å². The highest BCUT2D eigenvalue weighted by molar-refractivity contribution is 5.85. The van der Waals surface area contributed by atoms with Crippen LogP contribution in [0.15, 0.2) is 53.5 Å². The summed E-state index contributed by atoms with van der Waals surface area (Å²) in [7, 11) is 0. The topological polar surface area (TPSA) is 124 Å². The molecule has 0 aliphatic rings. The molecule has 0 bridgehead atoms. The van der Waals surface area contributed by atoms with Gasteiger partial charge in [0.1, 0.15) is 11.4 Å². The highest BCUT2D eigenvalue weighted by atomic mass is 16.6. The van der Waals surface area contributed by atoms with E-state index in [2.05, 4.69) is 4.99 Å². The largest absolute Gasteiger partial charge is 0.506 e. The predicted molar refractivity (Wildman–Crippen MR) is 104 cm³/mol. The van der Waals surface area contributed by atoms with E-state index in [4.69, 9.17) is 0 Å². The van der Waals surface area contributed by atoms with Crippen LogP contribution in [0.5, 0.6) is 5.75 Å². The molecule has 0 atom stereocenters. The Morgan fingerprint density at radius 3 is 2.36 bits per heavy atom. The number of hydrogen-bond donors (Lipinski definition) is 1. The van der Waals surface area contributed by atoms with Crippen molar-refractivity contribution in [3.05, 3.63) is 85.7 Å². The first-order valence-electron chi connectivity index (χ1n) is 8.23. The second-order valence-electron chi connectivity index (χ2n) is 6.13. The van der Waals surface area contributed by atoms with E-state index in [0.717, 1.165) is 17.0 Å². The molecule has 0 unspecified atom stereocenters. The van der Waals surface area contributed by atoms with Crippen LogP contribution in [0.4, 0.5) is 17.1 Å². The summed E-state index contributed by atoms with van der Waals surface area (Å²) in [6.07, 6.45) is 1.50. The van der Waals surface area contributed by atoms with Gasteiger partial charge in [-0.2, -0.15) is 0 Å². The zero-order valence-corrected chi connectivity index (χ0v) is 15.1. The summed E-state index contributed by atoms with van der Waals surface area (Å²) in [6.45, 7) is 3.69.